The maximum absolute atomic E-state index is 13.7. The van der Waals surface area contributed by atoms with Crippen LogP contribution in [-0.2, 0) is 9.84 Å². The molecule has 6 heteroatoms. The van der Waals surface area contributed by atoms with Gasteiger partial charge in [0.05, 0.1) is 0 Å². The minimum absolute atomic E-state index is 0.0834. The zero-order chi connectivity index (χ0) is 15.5. The number of hydrogen-bond acceptors (Lipinski definition) is 4. The van der Waals surface area contributed by atoms with Crippen molar-refractivity contribution in [3.8, 4) is 0 Å². The molecule has 0 saturated heterocycles. The summed E-state index contributed by atoms with van der Waals surface area (Å²) in [5, 5.41) is 0. The lowest BCUT2D eigenvalue weighted by atomic mass is 10.1. The smallest absolute Gasteiger partial charge is 0.185 e. The van der Waals surface area contributed by atoms with Gasteiger partial charge >= 0.3 is 0 Å². The molecule has 0 radical (unpaired) electrons. The van der Waals surface area contributed by atoms with E-state index in [1.54, 1.807) is 30.6 Å². The van der Waals surface area contributed by atoms with E-state index in [1.165, 1.54) is 12.1 Å². The van der Waals surface area contributed by atoms with Gasteiger partial charge in [-0.2, -0.15) is 0 Å². The summed E-state index contributed by atoms with van der Waals surface area (Å²) in [6.45, 7) is 0. The minimum atomic E-state index is -3.64. The van der Waals surface area contributed by atoms with Crippen molar-refractivity contribution < 1.29 is 17.6 Å². The number of allylic oxidation sites excluding steroid dienone is 1. The van der Waals surface area contributed by atoms with E-state index in [0.29, 0.717) is 0 Å². The van der Waals surface area contributed by atoms with E-state index in [2.05, 4.69) is 4.98 Å². The Labute approximate surface area is 121 Å². The molecule has 2 aromatic rings. The first-order valence-corrected chi connectivity index (χ1v) is 7.89. The minimum Gasteiger partial charge on any atom is -0.289 e. The third kappa shape index (κ3) is 3.82. The molecule has 0 N–H and O–H groups in total. The highest BCUT2D eigenvalue weighted by molar-refractivity contribution is 7.90. The lowest BCUT2D eigenvalue weighted by molar-refractivity contribution is 0.104. The fraction of sp³-hybridized carbons (Fsp3) is 0.0667. The number of aromatic nitrogens is 1. The number of pyridine rings is 1. The second-order valence-corrected chi connectivity index (χ2v) is 6.39. The van der Waals surface area contributed by atoms with Crippen molar-refractivity contribution in [1.82, 2.24) is 4.98 Å². The van der Waals surface area contributed by atoms with Crippen molar-refractivity contribution >= 4 is 21.7 Å². The normalized spacial score (nSPS) is 11.7. The van der Waals surface area contributed by atoms with Crippen LogP contribution in [-0.4, -0.2) is 25.4 Å². The zero-order valence-electron chi connectivity index (χ0n) is 11.2. The Morgan fingerprint density at radius 2 is 2.05 bits per heavy atom. The summed E-state index contributed by atoms with van der Waals surface area (Å²) in [5.41, 5.74) is 0.819. The molecule has 0 spiro atoms. The van der Waals surface area contributed by atoms with Gasteiger partial charge in [0.15, 0.2) is 15.6 Å². The van der Waals surface area contributed by atoms with E-state index >= 15 is 0 Å². The molecule has 1 aromatic heterocycles. The first-order valence-electron chi connectivity index (χ1n) is 6.00. The molecule has 0 aliphatic rings. The number of hydrogen-bond donors (Lipinski definition) is 0. The van der Waals surface area contributed by atoms with Crippen LogP contribution in [0.5, 0.6) is 0 Å². The molecule has 0 amide bonds. The summed E-state index contributed by atoms with van der Waals surface area (Å²) in [4.78, 5) is 15.4. The van der Waals surface area contributed by atoms with Gasteiger partial charge in [-0.05, 0) is 42.0 Å². The number of halogens is 1. The Balaban J connectivity index is 2.25. The Kier molecular flexibility index (Phi) is 4.28. The van der Waals surface area contributed by atoms with Gasteiger partial charge in [0, 0.05) is 24.2 Å². The Morgan fingerprint density at radius 3 is 2.62 bits per heavy atom. The molecule has 0 saturated carbocycles. The van der Waals surface area contributed by atoms with Crippen LogP contribution in [0, 0.1) is 5.82 Å². The van der Waals surface area contributed by atoms with Crippen molar-refractivity contribution in [1.29, 1.82) is 0 Å². The monoisotopic (exact) mass is 305 g/mol. The second-order valence-electron chi connectivity index (χ2n) is 4.40. The van der Waals surface area contributed by atoms with Crippen molar-refractivity contribution in [2.75, 3.05) is 6.26 Å². The van der Waals surface area contributed by atoms with Crippen LogP contribution in [0.25, 0.3) is 6.08 Å². The summed E-state index contributed by atoms with van der Waals surface area (Å²) < 4.78 is 36.3. The molecule has 0 aliphatic carbocycles. The summed E-state index contributed by atoms with van der Waals surface area (Å²) in [6, 6.07) is 6.80. The van der Waals surface area contributed by atoms with Crippen LogP contribution in [0.4, 0.5) is 4.39 Å². The number of sulfone groups is 1. The maximum atomic E-state index is 13.7. The Bertz CT molecular complexity index is 799. The largest absolute Gasteiger partial charge is 0.289 e. The van der Waals surface area contributed by atoms with Gasteiger partial charge in [-0.25, -0.2) is 12.8 Å². The molecule has 4 nitrogen and oxygen atoms in total. The van der Waals surface area contributed by atoms with Gasteiger partial charge in [-0.3, -0.25) is 9.78 Å². The summed E-state index contributed by atoms with van der Waals surface area (Å²) in [7, 11) is -3.64. The van der Waals surface area contributed by atoms with Crippen LogP contribution in [0.3, 0.4) is 0 Å². The lowest BCUT2D eigenvalue weighted by Crippen LogP contribution is -2.03. The van der Waals surface area contributed by atoms with Gasteiger partial charge in [-0.1, -0.05) is 6.07 Å². The first kappa shape index (κ1) is 15.1. The van der Waals surface area contributed by atoms with Crippen LogP contribution >= 0.6 is 0 Å². The zero-order valence-corrected chi connectivity index (χ0v) is 12.0. The van der Waals surface area contributed by atoms with E-state index in [1.807, 2.05) is 0 Å². The molecule has 0 aliphatic heterocycles. The topological polar surface area (TPSA) is 64.1 Å². The third-order valence-corrected chi connectivity index (χ3v) is 3.86. The predicted molar refractivity (Wildman–Crippen MR) is 77.1 cm³/mol. The van der Waals surface area contributed by atoms with Crippen LogP contribution in [0.15, 0.2) is 53.7 Å². The van der Waals surface area contributed by atoms with Gasteiger partial charge in [-0.15, -0.1) is 0 Å². The number of nitrogens with zero attached hydrogens (tertiary/aromatic N) is 1. The lowest BCUT2D eigenvalue weighted by Gasteiger charge is -2.02. The molecule has 2 rings (SSSR count). The molecule has 1 heterocycles. The van der Waals surface area contributed by atoms with Gasteiger partial charge in [0.2, 0.25) is 0 Å². The van der Waals surface area contributed by atoms with E-state index < -0.39 is 26.3 Å². The van der Waals surface area contributed by atoms with Crippen molar-refractivity contribution in [2.45, 2.75) is 4.90 Å². The molecular formula is C15H12FNO3S. The van der Waals surface area contributed by atoms with E-state index in [-0.39, 0.29) is 5.56 Å². The molecule has 0 fully saturated rings. The molecule has 0 atom stereocenters. The number of carbonyl (C=O) groups excluding carboxylic acids is 1. The van der Waals surface area contributed by atoms with Gasteiger partial charge in [0.1, 0.15) is 10.7 Å². The highest BCUT2D eigenvalue weighted by Gasteiger charge is 2.15. The van der Waals surface area contributed by atoms with E-state index in [0.717, 1.165) is 24.0 Å². The molecule has 1 aromatic carbocycles. The molecule has 0 unspecified atom stereocenters. The number of ketones is 1. The van der Waals surface area contributed by atoms with Crippen molar-refractivity contribution in [3.05, 3.63) is 65.7 Å². The van der Waals surface area contributed by atoms with Crippen LogP contribution < -0.4 is 0 Å². The van der Waals surface area contributed by atoms with Crippen molar-refractivity contribution in [2.24, 2.45) is 0 Å². The summed E-state index contributed by atoms with van der Waals surface area (Å²) in [6.07, 6.45) is 6.94. The average molecular weight is 305 g/mol. The van der Waals surface area contributed by atoms with Crippen molar-refractivity contribution in [3.63, 3.8) is 0 Å². The van der Waals surface area contributed by atoms with Gasteiger partial charge < -0.3 is 0 Å². The Hall–Kier alpha value is -2.34. The fourth-order valence-corrected chi connectivity index (χ4v) is 2.43. The predicted octanol–water partition coefficient (Wildman–Crippen LogP) is 2.52. The van der Waals surface area contributed by atoms with E-state index in [9.17, 15) is 17.6 Å². The molecular weight excluding hydrogens is 293 g/mol. The highest BCUT2D eigenvalue weighted by atomic mass is 32.2. The molecule has 108 valence electrons. The Morgan fingerprint density at radius 1 is 1.29 bits per heavy atom. The second kappa shape index (κ2) is 5.97. The number of benzene rings is 1. The number of carbonyl (C=O) groups is 1. The standard InChI is InChI=1S/C15H12FNO3S/c1-21(19,20)15-7-5-12(9-13(15)16)14(18)6-4-11-3-2-8-17-10-11/h2-10H,1H3/b6-4+. The third-order valence-electron chi connectivity index (χ3n) is 2.73. The highest BCUT2D eigenvalue weighted by Crippen LogP contribution is 2.16. The van der Waals surface area contributed by atoms with Gasteiger partial charge in [0.25, 0.3) is 0 Å². The maximum Gasteiger partial charge on any atom is 0.185 e. The number of rotatable bonds is 4. The summed E-state index contributed by atoms with van der Waals surface area (Å²) >= 11 is 0. The van der Waals surface area contributed by atoms with Crippen LogP contribution in [0.2, 0.25) is 0 Å². The van der Waals surface area contributed by atoms with Crippen LogP contribution in [0.1, 0.15) is 15.9 Å². The fourth-order valence-electron chi connectivity index (χ4n) is 1.70. The SMILES string of the molecule is CS(=O)(=O)c1ccc(C(=O)/C=C/c2cccnc2)cc1F. The summed E-state index contributed by atoms with van der Waals surface area (Å²) in [5.74, 6) is -1.35. The average Bonchev–Trinajstić information content (AvgIpc) is 2.44. The first-order chi connectivity index (χ1) is 9.88. The quantitative estimate of drug-likeness (QED) is 0.643. The molecule has 0 bridgehead atoms. The molecule has 21 heavy (non-hydrogen) atoms. The van der Waals surface area contributed by atoms with E-state index in [4.69, 9.17) is 0 Å².